The van der Waals surface area contributed by atoms with Gasteiger partial charge in [-0.1, -0.05) is 12.1 Å². The van der Waals surface area contributed by atoms with E-state index in [4.69, 9.17) is 5.14 Å². The molecule has 9 heteroatoms. The predicted octanol–water partition coefficient (Wildman–Crippen LogP) is 0.683. The molecule has 0 saturated carbocycles. The number of nitrogens with zero attached hydrogens (tertiary/aromatic N) is 2. The van der Waals surface area contributed by atoms with Gasteiger partial charge >= 0.3 is 0 Å². The van der Waals surface area contributed by atoms with E-state index >= 15 is 0 Å². The molecule has 3 aromatic rings. The second-order valence-corrected chi connectivity index (χ2v) is 6.85. The number of benzene rings is 2. The molecule has 0 radical (unpaired) electrons. The minimum atomic E-state index is -3.79. The van der Waals surface area contributed by atoms with Gasteiger partial charge in [0, 0.05) is 5.69 Å². The summed E-state index contributed by atoms with van der Waals surface area (Å²) in [4.78, 5) is 28.2. The largest absolute Gasteiger partial charge is 0.325 e. The first-order chi connectivity index (χ1) is 11.8. The maximum Gasteiger partial charge on any atom is 0.269 e. The molecule has 0 aliphatic rings. The van der Waals surface area contributed by atoms with Gasteiger partial charge in [-0.2, -0.15) is 0 Å². The Bertz CT molecular complexity index is 1100. The fourth-order valence-corrected chi connectivity index (χ4v) is 2.87. The maximum absolute atomic E-state index is 12.2. The molecule has 8 nitrogen and oxygen atoms in total. The summed E-state index contributed by atoms with van der Waals surface area (Å²) in [6, 6.07) is 12.4. The number of fused-ring (bicyclic) bond motifs is 1. The van der Waals surface area contributed by atoms with Crippen molar-refractivity contribution in [1.82, 2.24) is 9.55 Å². The normalized spacial score (nSPS) is 11.4. The van der Waals surface area contributed by atoms with Gasteiger partial charge in [0.2, 0.25) is 15.9 Å². The number of para-hydroxylation sites is 2. The van der Waals surface area contributed by atoms with Crippen molar-refractivity contribution in [2.45, 2.75) is 11.4 Å². The first-order valence-electron chi connectivity index (χ1n) is 7.22. The lowest BCUT2D eigenvalue weighted by Gasteiger charge is -2.10. The third-order valence-electron chi connectivity index (χ3n) is 3.52. The molecule has 0 atom stereocenters. The monoisotopic (exact) mass is 358 g/mol. The highest BCUT2D eigenvalue weighted by Gasteiger charge is 2.11. The summed E-state index contributed by atoms with van der Waals surface area (Å²) in [6.45, 7) is -0.196. The van der Waals surface area contributed by atoms with Crippen LogP contribution in [0.5, 0.6) is 0 Å². The molecule has 0 bridgehead atoms. The number of carbonyl (C=O) groups excluding carboxylic acids is 1. The van der Waals surface area contributed by atoms with E-state index in [1.807, 2.05) is 0 Å². The van der Waals surface area contributed by atoms with Crippen molar-refractivity contribution in [2.75, 3.05) is 5.32 Å². The van der Waals surface area contributed by atoms with E-state index in [0.717, 1.165) is 6.20 Å². The molecule has 3 rings (SSSR count). The van der Waals surface area contributed by atoms with Gasteiger partial charge in [0.15, 0.2) is 0 Å². The van der Waals surface area contributed by atoms with Crippen LogP contribution in [-0.2, 0) is 21.4 Å². The summed E-state index contributed by atoms with van der Waals surface area (Å²) >= 11 is 0. The zero-order valence-corrected chi connectivity index (χ0v) is 13.7. The van der Waals surface area contributed by atoms with E-state index in [1.165, 1.54) is 28.8 Å². The van der Waals surface area contributed by atoms with Gasteiger partial charge in [-0.05, 0) is 36.4 Å². The Morgan fingerprint density at radius 3 is 2.48 bits per heavy atom. The highest BCUT2D eigenvalue weighted by Crippen LogP contribution is 2.13. The Morgan fingerprint density at radius 1 is 1.12 bits per heavy atom. The van der Waals surface area contributed by atoms with Crippen LogP contribution in [-0.4, -0.2) is 23.9 Å². The van der Waals surface area contributed by atoms with Crippen molar-refractivity contribution in [2.24, 2.45) is 5.14 Å². The summed E-state index contributed by atoms with van der Waals surface area (Å²) in [5.74, 6) is -0.429. The van der Waals surface area contributed by atoms with Gasteiger partial charge in [-0.25, -0.2) is 18.5 Å². The van der Waals surface area contributed by atoms with Crippen LogP contribution in [0, 0.1) is 0 Å². The van der Waals surface area contributed by atoms with Crippen LogP contribution in [0.4, 0.5) is 5.69 Å². The highest BCUT2D eigenvalue weighted by molar-refractivity contribution is 7.89. The van der Waals surface area contributed by atoms with Gasteiger partial charge < -0.3 is 5.32 Å². The number of aromatic nitrogens is 2. The third kappa shape index (κ3) is 3.73. The van der Waals surface area contributed by atoms with Crippen LogP contribution in [0.2, 0.25) is 0 Å². The minimum absolute atomic E-state index is 0.0538. The zero-order valence-electron chi connectivity index (χ0n) is 12.9. The molecule has 0 saturated heterocycles. The number of rotatable bonds is 4. The molecule has 25 heavy (non-hydrogen) atoms. The highest BCUT2D eigenvalue weighted by atomic mass is 32.2. The van der Waals surface area contributed by atoms with Gasteiger partial charge in [-0.15, -0.1) is 0 Å². The average Bonchev–Trinajstić information content (AvgIpc) is 2.57. The van der Waals surface area contributed by atoms with Gasteiger partial charge in [0.25, 0.3) is 5.56 Å². The fraction of sp³-hybridized carbons (Fsp3) is 0.0625. The Hall–Kier alpha value is -3.04. The Kier molecular flexibility index (Phi) is 4.34. The maximum atomic E-state index is 12.2. The summed E-state index contributed by atoms with van der Waals surface area (Å²) < 4.78 is 23.7. The molecule has 0 spiro atoms. The number of anilines is 1. The van der Waals surface area contributed by atoms with Gasteiger partial charge in [-0.3, -0.25) is 14.2 Å². The molecule has 0 aliphatic heterocycles. The Morgan fingerprint density at radius 2 is 1.80 bits per heavy atom. The Balaban J connectivity index is 1.82. The number of nitrogens with one attached hydrogen (secondary N) is 1. The van der Waals surface area contributed by atoms with Crippen LogP contribution >= 0.6 is 0 Å². The molecule has 0 unspecified atom stereocenters. The van der Waals surface area contributed by atoms with Crippen molar-refractivity contribution in [3.8, 4) is 0 Å². The van der Waals surface area contributed by atoms with Crippen LogP contribution < -0.4 is 16.0 Å². The van der Waals surface area contributed by atoms with Crippen LogP contribution in [0.25, 0.3) is 11.0 Å². The van der Waals surface area contributed by atoms with Gasteiger partial charge in [0.05, 0.1) is 22.1 Å². The number of hydrogen-bond donors (Lipinski definition) is 2. The standard InChI is InChI=1S/C16H14N4O4S/c17-25(23,24)12-7-5-11(6-8-12)19-15(21)10-20-14-4-2-1-3-13(14)18-9-16(20)22/h1-9H,10H2,(H,19,21)(H2,17,23,24). The summed E-state index contributed by atoms with van der Waals surface area (Å²) in [5.41, 5.74) is 1.16. The number of carbonyl (C=O) groups is 1. The number of hydrogen-bond acceptors (Lipinski definition) is 5. The number of amides is 1. The van der Waals surface area contributed by atoms with Crippen molar-refractivity contribution in [3.05, 3.63) is 65.1 Å². The van der Waals surface area contributed by atoms with Crippen LogP contribution in [0.15, 0.2) is 64.4 Å². The van der Waals surface area contributed by atoms with E-state index in [-0.39, 0.29) is 11.4 Å². The molecule has 1 amide bonds. The molecule has 3 N–H and O–H groups in total. The second-order valence-electron chi connectivity index (χ2n) is 5.29. The molecule has 1 heterocycles. The van der Waals surface area contributed by atoms with Crippen molar-refractivity contribution < 1.29 is 13.2 Å². The fourth-order valence-electron chi connectivity index (χ4n) is 2.35. The molecule has 1 aromatic heterocycles. The molecular weight excluding hydrogens is 344 g/mol. The molecular formula is C16H14N4O4S. The van der Waals surface area contributed by atoms with E-state index in [0.29, 0.717) is 16.7 Å². The van der Waals surface area contributed by atoms with E-state index in [1.54, 1.807) is 24.3 Å². The lowest BCUT2D eigenvalue weighted by molar-refractivity contribution is -0.116. The third-order valence-corrected chi connectivity index (χ3v) is 4.45. The van der Waals surface area contributed by atoms with E-state index in [2.05, 4.69) is 10.3 Å². The van der Waals surface area contributed by atoms with Crippen molar-refractivity contribution >= 4 is 32.7 Å². The Labute approximate surface area is 143 Å². The number of primary sulfonamides is 1. The number of nitrogens with two attached hydrogens (primary N) is 1. The number of sulfonamides is 1. The lowest BCUT2D eigenvalue weighted by Crippen LogP contribution is -2.28. The smallest absolute Gasteiger partial charge is 0.269 e. The summed E-state index contributed by atoms with van der Waals surface area (Å²) in [5, 5.41) is 7.63. The van der Waals surface area contributed by atoms with Crippen molar-refractivity contribution in [3.63, 3.8) is 0 Å². The minimum Gasteiger partial charge on any atom is -0.325 e. The van der Waals surface area contributed by atoms with E-state index < -0.39 is 21.5 Å². The summed E-state index contributed by atoms with van der Waals surface area (Å²) in [6.07, 6.45) is 1.16. The molecule has 128 valence electrons. The molecule has 0 aliphatic carbocycles. The van der Waals surface area contributed by atoms with Crippen LogP contribution in [0.1, 0.15) is 0 Å². The second kappa shape index (κ2) is 6.46. The van der Waals surface area contributed by atoms with E-state index in [9.17, 15) is 18.0 Å². The first kappa shape index (κ1) is 16.8. The lowest BCUT2D eigenvalue weighted by atomic mass is 10.3. The van der Waals surface area contributed by atoms with Crippen molar-refractivity contribution in [1.29, 1.82) is 0 Å². The first-order valence-corrected chi connectivity index (χ1v) is 8.76. The topological polar surface area (TPSA) is 124 Å². The quantitative estimate of drug-likeness (QED) is 0.710. The zero-order chi connectivity index (χ0) is 18.0. The average molecular weight is 358 g/mol. The SMILES string of the molecule is NS(=O)(=O)c1ccc(NC(=O)Cn2c(=O)cnc3ccccc32)cc1. The summed E-state index contributed by atoms with van der Waals surface area (Å²) in [7, 11) is -3.79. The van der Waals surface area contributed by atoms with Gasteiger partial charge in [0.1, 0.15) is 6.54 Å². The predicted molar refractivity (Wildman–Crippen MR) is 92.4 cm³/mol. The molecule has 0 fully saturated rings. The van der Waals surface area contributed by atoms with Crippen LogP contribution in [0.3, 0.4) is 0 Å². The molecule has 2 aromatic carbocycles.